The predicted octanol–water partition coefficient (Wildman–Crippen LogP) is 4.15. The van der Waals surface area contributed by atoms with E-state index >= 15 is 0 Å². The predicted molar refractivity (Wildman–Crippen MR) is 122 cm³/mol. The van der Waals surface area contributed by atoms with E-state index in [1.54, 1.807) is 6.33 Å². The van der Waals surface area contributed by atoms with Crippen molar-refractivity contribution in [2.45, 2.75) is 51.6 Å². The number of aliphatic hydroxyl groups excluding tert-OH is 1. The van der Waals surface area contributed by atoms with E-state index in [-0.39, 0.29) is 17.7 Å². The van der Waals surface area contributed by atoms with Gasteiger partial charge in [0.1, 0.15) is 12.1 Å². The van der Waals surface area contributed by atoms with Crippen molar-refractivity contribution in [3.63, 3.8) is 0 Å². The summed E-state index contributed by atoms with van der Waals surface area (Å²) in [6.45, 7) is 9.21. The normalized spacial score (nSPS) is 22.0. The molecule has 1 N–H and O–H groups in total. The number of halogens is 1. The van der Waals surface area contributed by atoms with Crippen LogP contribution in [0, 0.1) is 5.92 Å². The SMILES string of the molecule is CC(C)CC(C(=O)N1CCN(c2ncnc3c2[C@H](C)C[C@H]3O)CC1)c1ccc(Cl)cc1. The summed E-state index contributed by atoms with van der Waals surface area (Å²) < 4.78 is 0. The average Bonchev–Trinajstić information content (AvgIpc) is 3.06. The van der Waals surface area contributed by atoms with Gasteiger partial charge in [-0.25, -0.2) is 9.97 Å². The van der Waals surface area contributed by atoms with E-state index in [1.165, 1.54) is 0 Å². The van der Waals surface area contributed by atoms with Gasteiger partial charge in [0.2, 0.25) is 5.91 Å². The molecule has 7 heteroatoms. The van der Waals surface area contributed by atoms with Crippen molar-refractivity contribution in [2.75, 3.05) is 31.1 Å². The fraction of sp³-hybridized carbons (Fsp3) is 0.542. The first-order valence-corrected chi connectivity index (χ1v) is 11.5. The van der Waals surface area contributed by atoms with Crippen molar-refractivity contribution >= 4 is 23.3 Å². The fourth-order valence-electron chi connectivity index (χ4n) is 4.86. The van der Waals surface area contributed by atoms with E-state index in [0.717, 1.165) is 42.1 Å². The summed E-state index contributed by atoms with van der Waals surface area (Å²) in [5.41, 5.74) is 2.85. The van der Waals surface area contributed by atoms with Crippen LogP contribution in [0.5, 0.6) is 0 Å². The molecule has 1 aromatic carbocycles. The summed E-state index contributed by atoms with van der Waals surface area (Å²) in [6, 6.07) is 7.67. The number of carbonyl (C=O) groups is 1. The lowest BCUT2D eigenvalue weighted by Gasteiger charge is -2.38. The van der Waals surface area contributed by atoms with Crippen LogP contribution >= 0.6 is 11.6 Å². The summed E-state index contributed by atoms with van der Waals surface area (Å²) in [5, 5.41) is 11.0. The molecule has 1 unspecified atom stereocenters. The van der Waals surface area contributed by atoms with Gasteiger partial charge >= 0.3 is 0 Å². The molecule has 31 heavy (non-hydrogen) atoms. The Kier molecular flexibility index (Phi) is 6.49. The van der Waals surface area contributed by atoms with E-state index in [2.05, 4.69) is 35.6 Å². The van der Waals surface area contributed by atoms with Gasteiger partial charge < -0.3 is 14.9 Å². The molecule has 0 spiro atoms. The zero-order valence-corrected chi connectivity index (χ0v) is 19.2. The zero-order chi connectivity index (χ0) is 22.1. The molecule has 0 radical (unpaired) electrons. The maximum atomic E-state index is 13.5. The second kappa shape index (κ2) is 9.13. The minimum Gasteiger partial charge on any atom is -0.387 e. The van der Waals surface area contributed by atoms with Crippen LogP contribution in [0.2, 0.25) is 5.02 Å². The Bertz CT molecular complexity index is 926. The van der Waals surface area contributed by atoms with Crippen LogP contribution < -0.4 is 4.90 Å². The number of aliphatic hydroxyl groups is 1. The van der Waals surface area contributed by atoms with Crippen molar-refractivity contribution in [3.05, 3.63) is 52.4 Å². The van der Waals surface area contributed by atoms with Crippen LogP contribution in [0.1, 0.15) is 68.4 Å². The molecule has 166 valence electrons. The van der Waals surface area contributed by atoms with E-state index in [9.17, 15) is 9.90 Å². The Morgan fingerprint density at radius 1 is 1.16 bits per heavy atom. The largest absolute Gasteiger partial charge is 0.387 e. The number of benzene rings is 1. The lowest BCUT2D eigenvalue weighted by Crippen LogP contribution is -2.50. The summed E-state index contributed by atoms with van der Waals surface area (Å²) in [4.78, 5) is 26.5. The molecule has 1 aliphatic carbocycles. The number of hydrogen-bond acceptors (Lipinski definition) is 5. The number of hydrogen-bond donors (Lipinski definition) is 1. The molecular formula is C24H31ClN4O2. The fourth-order valence-corrected chi connectivity index (χ4v) is 4.99. The molecule has 4 rings (SSSR count). The van der Waals surface area contributed by atoms with Gasteiger partial charge in [-0.2, -0.15) is 0 Å². The first-order chi connectivity index (χ1) is 14.8. The van der Waals surface area contributed by atoms with Gasteiger partial charge in [-0.05, 0) is 42.4 Å². The van der Waals surface area contributed by atoms with Crippen molar-refractivity contribution in [3.8, 4) is 0 Å². The molecule has 0 bridgehead atoms. The smallest absolute Gasteiger partial charge is 0.230 e. The zero-order valence-electron chi connectivity index (χ0n) is 18.5. The summed E-state index contributed by atoms with van der Waals surface area (Å²) in [7, 11) is 0. The van der Waals surface area contributed by atoms with Crippen molar-refractivity contribution in [1.82, 2.24) is 14.9 Å². The van der Waals surface area contributed by atoms with Gasteiger partial charge in [-0.15, -0.1) is 0 Å². The van der Waals surface area contributed by atoms with E-state index in [0.29, 0.717) is 30.5 Å². The first kappa shape index (κ1) is 22.0. The molecule has 2 heterocycles. The molecule has 1 aliphatic heterocycles. The van der Waals surface area contributed by atoms with Gasteiger partial charge in [0.25, 0.3) is 0 Å². The Balaban J connectivity index is 1.48. The molecule has 2 aromatic rings. The number of nitrogens with zero attached hydrogens (tertiary/aromatic N) is 4. The Morgan fingerprint density at radius 3 is 2.48 bits per heavy atom. The maximum absolute atomic E-state index is 13.5. The third kappa shape index (κ3) is 4.55. The molecular weight excluding hydrogens is 412 g/mol. The molecule has 2 aliphatic rings. The van der Waals surface area contributed by atoms with Crippen molar-refractivity contribution in [2.24, 2.45) is 5.92 Å². The highest BCUT2D eigenvalue weighted by atomic mass is 35.5. The van der Waals surface area contributed by atoms with E-state index in [1.807, 2.05) is 29.2 Å². The lowest BCUT2D eigenvalue weighted by atomic mass is 9.89. The third-order valence-electron chi connectivity index (χ3n) is 6.45. The van der Waals surface area contributed by atoms with Gasteiger partial charge in [0.15, 0.2) is 0 Å². The number of aromatic nitrogens is 2. The topological polar surface area (TPSA) is 69.6 Å². The Labute approximate surface area is 189 Å². The van der Waals surface area contributed by atoms with E-state index < -0.39 is 6.10 Å². The van der Waals surface area contributed by atoms with Crippen LogP contribution in [0.3, 0.4) is 0 Å². The maximum Gasteiger partial charge on any atom is 0.230 e. The van der Waals surface area contributed by atoms with Gasteiger partial charge in [0, 0.05) is 36.8 Å². The van der Waals surface area contributed by atoms with Crippen LogP contribution in [0.4, 0.5) is 5.82 Å². The average molecular weight is 443 g/mol. The molecule has 1 amide bonds. The highest BCUT2D eigenvalue weighted by Gasteiger charge is 2.35. The number of piperazine rings is 1. The third-order valence-corrected chi connectivity index (χ3v) is 6.70. The number of rotatable bonds is 5. The molecule has 1 saturated heterocycles. The van der Waals surface area contributed by atoms with E-state index in [4.69, 9.17) is 11.6 Å². The molecule has 1 fully saturated rings. The standard InChI is InChI=1S/C24H31ClN4O2/c1-15(2)12-19(17-4-6-18(25)7-5-17)24(31)29-10-8-28(9-11-29)23-21-16(3)13-20(30)22(21)26-14-27-23/h4-7,14-16,19-20,30H,8-13H2,1-3H3/t16-,19?,20-/m1/s1. The highest BCUT2D eigenvalue weighted by molar-refractivity contribution is 6.30. The highest BCUT2D eigenvalue weighted by Crippen LogP contribution is 2.42. The van der Waals surface area contributed by atoms with Crippen LogP contribution in [0.25, 0.3) is 0 Å². The lowest BCUT2D eigenvalue weighted by molar-refractivity contribution is -0.133. The summed E-state index contributed by atoms with van der Waals surface area (Å²) in [6.07, 6.45) is 2.55. The van der Waals surface area contributed by atoms with Crippen molar-refractivity contribution < 1.29 is 9.90 Å². The number of amides is 1. The van der Waals surface area contributed by atoms with Gasteiger partial charge in [-0.3, -0.25) is 4.79 Å². The first-order valence-electron chi connectivity index (χ1n) is 11.2. The Morgan fingerprint density at radius 2 is 1.84 bits per heavy atom. The Hall–Kier alpha value is -2.18. The number of carbonyl (C=O) groups excluding carboxylic acids is 1. The van der Waals surface area contributed by atoms with Crippen LogP contribution in [-0.4, -0.2) is 52.1 Å². The monoisotopic (exact) mass is 442 g/mol. The number of anilines is 1. The number of fused-ring (bicyclic) bond motifs is 1. The second-order valence-corrected chi connectivity index (χ2v) is 9.63. The summed E-state index contributed by atoms with van der Waals surface area (Å²) >= 11 is 6.06. The minimum absolute atomic E-state index is 0.151. The van der Waals surface area contributed by atoms with Gasteiger partial charge in [0.05, 0.1) is 17.7 Å². The quantitative estimate of drug-likeness (QED) is 0.753. The van der Waals surface area contributed by atoms with Crippen molar-refractivity contribution in [1.29, 1.82) is 0 Å². The van der Waals surface area contributed by atoms with Crippen LogP contribution in [0.15, 0.2) is 30.6 Å². The second-order valence-electron chi connectivity index (χ2n) is 9.19. The molecule has 1 aromatic heterocycles. The molecule has 0 saturated carbocycles. The summed E-state index contributed by atoms with van der Waals surface area (Å²) in [5.74, 6) is 1.61. The van der Waals surface area contributed by atoms with Gasteiger partial charge in [-0.1, -0.05) is 44.5 Å². The minimum atomic E-state index is -0.509. The van der Waals surface area contributed by atoms with Crippen LogP contribution in [-0.2, 0) is 4.79 Å². The molecule has 3 atom stereocenters. The molecule has 6 nitrogen and oxygen atoms in total.